The zero-order chi connectivity index (χ0) is 17.5. The number of hydrogen-bond acceptors (Lipinski definition) is 5. The zero-order valence-electron chi connectivity index (χ0n) is 12.5. The molecule has 0 bridgehead atoms. The number of carboxylic acid groups (broad SMARTS) is 1. The van der Waals surface area contributed by atoms with E-state index in [1.54, 1.807) is 30.3 Å². The predicted octanol–water partition coefficient (Wildman–Crippen LogP) is 2.43. The van der Waals surface area contributed by atoms with Crippen LogP contribution in [0.4, 0.5) is 17.1 Å². The molecule has 0 heterocycles. The Labute approximate surface area is 138 Å². The van der Waals surface area contributed by atoms with Crippen molar-refractivity contribution >= 4 is 28.9 Å². The molecule has 0 aliphatic carbocycles. The monoisotopic (exact) mass is 322 g/mol. The van der Waals surface area contributed by atoms with Gasteiger partial charge in [0.05, 0.1) is 5.56 Å². The van der Waals surface area contributed by atoms with E-state index in [9.17, 15) is 9.59 Å². The van der Waals surface area contributed by atoms with Gasteiger partial charge in [0.2, 0.25) is 0 Å². The number of nitrogens with zero attached hydrogens (tertiary/aromatic N) is 1. The van der Waals surface area contributed by atoms with Crippen LogP contribution in [-0.2, 0) is 4.79 Å². The number of carboxylic acids is 1. The number of rotatable bonds is 5. The first-order chi connectivity index (χ1) is 11.5. The molecule has 0 unspecified atom stereocenters. The molecular weight excluding hydrogens is 308 g/mol. The second-order valence-corrected chi connectivity index (χ2v) is 4.77. The molecule has 0 saturated heterocycles. The lowest BCUT2D eigenvalue weighted by Gasteiger charge is -2.06. The van der Waals surface area contributed by atoms with Crippen LogP contribution in [0.5, 0.6) is 0 Å². The van der Waals surface area contributed by atoms with Crippen LogP contribution < -0.4 is 16.4 Å². The minimum absolute atomic E-state index is 0.130. The summed E-state index contributed by atoms with van der Waals surface area (Å²) in [4.78, 5) is 22.8. The number of nitrogens with one attached hydrogen (secondary N) is 2. The molecule has 1 amide bonds. The highest BCUT2D eigenvalue weighted by atomic mass is 16.4. The highest BCUT2D eigenvalue weighted by Crippen LogP contribution is 2.13. The Morgan fingerprint density at radius 3 is 2.17 bits per heavy atom. The fourth-order valence-corrected chi connectivity index (χ4v) is 1.78. The van der Waals surface area contributed by atoms with Crippen LogP contribution in [0.1, 0.15) is 10.4 Å². The van der Waals surface area contributed by atoms with Gasteiger partial charge in [-0.05, 0) is 48.5 Å². The number of aromatic carboxylic acids is 1. The van der Waals surface area contributed by atoms with Gasteiger partial charge in [0.1, 0.15) is 11.6 Å². The molecule has 0 spiro atoms. The van der Waals surface area contributed by atoms with Crippen molar-refractivity contribution in [3.05, 3.63) is 65.9 Å². The largest absolute Gasteiger partial charge is 0.478 e. The molecule has 2 aromatic rings. The van der Waals surface area contributed by atoms with Crippen molar-refractivity contribution in [2.45, 2.75) is 0 Å². The molecule has 2 aromatic carbocycles. The summed E-state index contributed by atoms with van der Waals surface area (Å²) < 4.78 is 0. The Hall–Kier alpha value is -3.79. The quantitative estimate of drug-likeness (QED) is 0.380. The van der Waals surface area contributed by atoms with Gasteiger partial charge in [-0.2, -0.15) is 5.26 Å². The third-order valence-corrected chi connectivity index (χ3v) is 3.05. The van der Waals surface area contributed by atoms with Gasteiger partial charge >= 0.3 is 5.97 Å². The number of carbonyl (C=O) groups is 2. The molecule has 2 rings (SSSR count). The van der Waals surface area contributed by atoms with Crippen LogP contribution in [0.2, 0.25) is 0 Å². The third kappa shape index (κ3) is 4.35. The topological polar surface area (TPSA) is 128 Å². The van der Waals surface area contributed by atoms with Gasteiger partial charge in [-0.3, -0.25) is 4.79 Å². The maximum Gasteiger partial charge on any atom is 0.335 e. The van der Waals surface area contributed by atoms with E-state index in [-0.39, 0.29) is 11.1 Å². The fourth-order valence-electron chi connectivity index (χ4n) is 1.78. The molecular formula is C17H14N4O3. The van der Waals surface area contributed by atoms with Crippen molar-refractivity contribution in [1.82, 2.24) is 0 Å². The SMILES string of the molecule is N#C/C(=C/Nc1ccc(C(=O)O)cc1)C(=O)Nc1ccc(N)cc1. The third-order valence-electron chi connectivity index (χ3n) is 3.05. The molecule has 0 radical (unpaired) electrons. The number of carbonyl (C=O) groups excluding carboxylic acids is 1. The summed E-state index contributed by atoms with van der Waals surface area (Å²) in [5.74, 6) is -1.60. The van der Waals surface area contributed by atoms with Crippen LogP contribution >= 0.6 is 0 Å². The smallest absolute Gasteiger partial charge is 0.335 e. The summed E-state index contributed by atoms with van der Waals surface area (Å²) in [6, 6.07) is 14.2. The number of amides is 1. The summed E-state index contributed by atoms with van der Waals surface area (Å²) in [6.07, 6.45) is 1.25. The average molecular weight is 322 g/mol. The lowest BCUT2D eigenvalue weighted by molar-refractivity contribution is -0.112. The van der Waals surface area contributed by atoms with Crippen molar-refractivity contribution in [3.8, 4) is 6.07 Å². The van der Waals surface area contributed by atoms with Gasteiger partial charge in [0.25, 0.3) is 5.91 Å². The van der Waals surface area contributed by atoms with Gasteiger partial charge in [-0.25, -0.2) is 4.79 Å². The van der Waals surface area contributed by atoms with E-state index < -0.39 is 11.9 Å². The number of anilines is 3. The number of nitrogen functional groups attached to an aromatic ring is 1. The molecule has 120 valence electrons. The minimum atomic E-state index is -1.03. The van der Waals surface area contributed by atoms with E-state index in [0.717, 1.165) is 0 Å². The summed E-state index contributed by atoms with van der Waals surface area (Å²) in [5.41, 5.74) is 7.21. The minimum Gasteiger partial charge on any atom is -0.478 e. The van der Waals surface area contributed by atoms with E-state index in [1.807, 2.05) is 0 Å². The Morgan fingerprint density at radius 2 is 1.62 bits per heavy atom. The molecule has 7 heteroatoms. The second kappa shape index (κ2) is 7.47. The Balaban J connectivity index is 2.05. The van der Waals surface area contributed by atoms with E-state index in [2.05, 4.69) is 10.6 Å². The van der Waals surface area contributed by atoms with Gasteiger partial charge in [-0.15, -0.1) is 0 Å². The van der Waals surface area contributed by atoms with Gasteiger partial charge in [0.15, 0.2) is 0 Å². The normalized spacial score (nSPS) is 10.5. The summed E-state index contributed by atoms with van der Waals surface area (Å²) in [5, 5.41) is 23.3. The standard InChI is InChI=1S/C17H14N4O3/c18-9-12(16(22)21-15-7-3-13(19)4-8-15)10-20-14-5-1-11(2-6-14)17(23)24/h1-8,10,20H,19H2,(H,21,22)(H,23,24)/b12-10-. The van der Waals surface area contributed by atoms with E-state index >= 15 is 0 Å². The molecule has 0 atom stereocenters. The first-order valence-corrected chi connectivity index (χ1v) is 6.86. The molecule has 24 heavy (non-hydrogen) atoms. The lowest BCUT2D eigenvalue weighted by atomic mass is 10.2. The predicted molar refractivity (Wildman–Crippen MR) is 90.2 cm³/mol. The Morgan fingerprint density at radius 1 is 1.04 bits per heavy atom. The van der Waals surface area contributed by atoms with E-state index in [1.165, 1.54) is 30.5 Å². The molecule has 0 aromatic heterocycles. The second-order valence-electron chi connectivity index (χ2n) is 4.77. The number of benzene rings is 2. The maximum atomic E-state index is 12.0. The number of hydrogen-bond donors (Lipinski definition) is 4. The first kappa shape index (κ1) is 16.6. The van der Waals surface area contributed by atoms with E-state index in [4.69, 9.17) is 16.1 Å². The molecule has 5 N–H and O–H groups in total. The van der Waals surface area contributed by atoms with Gasteiger partial charge in [-0.1, -0.05) is 0 Å². The Bertz CT molecular complexity index is 818. The number of nitriles is 1. The number of nitrogens with two attached hydrogens (primary N) is 1. The van der Waals surface area contributed by atoms with Crippen LogP contribution in [0.3, 0.4) is 0 Å². The van der Waals surface area contributed by atoms with Gasteiger partial charge in [0, 0.05) is 23.3 Å². The van der Waals surface area contributed by atoms with Gasteiger partial charge < -0.3 is 21.5 Å². The van der Waals surface area contributed by atoms with Crippen molar-refractivity contribution in [2.24, 2.45) is 0 Å². The highest BCUT2D eigenvalue weighted by molar-refractivity contribution is 6.06. The molecule has 0 aliphatic heterocycles. The lowest BCUT2D eigenvalue weighted by Crippen LogP contribution is -2.14. The Kier molecular flexibility index (Phi) is 5.16. The maximum absolute atomic E-state index is 12.0. The summed E-state index contributed by atoms with van der Waals surface area (Å²) >= 11 is 0. The molecule has 0 saturated carbocycles. The molecule has 0 fully saturated rings. The summed E-state index contributed by atoms with van der Waals surface area (Å²) in [7, 11) is 0. The van der Waals surface area contributed by atoms with Crippen molar-refractivity contribution in [2.75, 3.05) is 16.4 Å². The van der Waals surface area contributed by atoms with Crippen LogP contribution in [0.15, 0.2) is 60.3 Å². The molecule has 7 nitrogen and oxygen atoms in total. The highest BCUT2D eigenvalue weighted by Gasteiger charge is 2.09. The van der Waals surface area contributed by atoms with Crippen molar-refractivity contribution in [3.63, 3.8) is 0 Å². The summed E-state index contributed by atoms with van der Waals surface area (Å²) in [6.45, 7) is 0. The zero-order valence-corrected chi connectivity index (χ0v) is 12.5. The first-order valence-electron chi connectivity index (χ1n) is 6.86. The van der Waals surface area contributed by atoms with Crippen LogP contribution in [-0.4, -0.2) is 17.0 Å². The fraction of sp³-hybridized carbons (Fsp3) is 0. The van der Waals surface area contributed by atoms with Crippen LogP contribution in [0, 0.1) is 11.3 Å². The average Bonchev–Trinajstić information content (AvgIpc) is 2.58. The van der Waals surface area contributed by atoms with Crippen molar-refractivity contribution < 1.29 is 14.7 Å². The van der Waals surface area contributed by atoms with E-state index in [0.29, 0.717) is 17.1 Å². The van der Waals surface area contributed by atoms with Crippen LogP contribution in [0.25, 0.3) is 0 Å². The molecule has 0 aliphatic rings. The van der Waals surface area contributed by atoms with Crippen molar-refractivity contribution in [1.29, 1.82) is 5.26 Å².